The van der Waals surface area contributed by atoms with Crippen molar-refractivity contribution in [2.45, 2.75) is 44.5 Å². The van der Waals surface area contributed by atoms with Gasteiger partial charge in [-0.3, -0.25) is 0 Å². The van der Waals surface area contributed by atoms with Crippen LogP contribution in [0.4, 0.5) is 0 Å². The molecule has 1 N–H and O–H groups in total. The van der Waals surface area contributed by atoms with E-state index in [0.29, 0.717) is 6.10 Å². The molecule has 1 aliphatic heterocycles. The van der Waals surface area contributed by atoms with Crippen LogP contribution < -0.4 is 0 Å². The van der Waals surface area contributed by atoms with Crippen molar-refractivity contribution in [2.24, 2.45) is 0 Å². The first-order valence-electron chi connectivity index (χ1n) is 4.17. The molecule has 1 saturated heterocycles. The summed E-state index contributed by atoms with van der Waals surface area (Å²) in [5.41, 5.74) is 1.20. The van der Waals surface area contributed by atoms with Crippen LogP contribution in [0.15, 0.2) is 11.6 Å². The van der Waals surface area contributed by atoms with E-state index in [2.05, 4.69) is 13.0 Å². The first-order chi connectivity index (χ1) is 5.15. The predicted molar refractivity (Wildman–Crippen MR) is 42.3 cm³/mol. The highest BCUT2D eigenvalue weighted by Gasteiger charge is 2.59. The number of aliphatic hydroxyl groups is 1. The SMILES string of the molecule is CC1=CC[C@@]2([C@H](C)O)O[C@H]2C1. The Kier molecular flexibility index (Phi) is 1.38. The van der Waals surface area contributed by atoms with Crippen LogP contribution >= 0.6 is 0 Å². The molecule has 0 saturated carbocycles. The third-order valence-corrected chi connectivity index (χ3v) is 2.83. The Morgan fingerprint density at radius 3 is 3.09 bits per heavy atom. The first-order valence-corrected chi connectivity index (χ1v) is 4.17. The Morgan fingerprint density at radius 2 is 2.55 bits per heavy atom. The summed E-state index contributed by atoms with van der Waals surface area (Å²) in [4.78, 5) is 0. The van der Waals surface area contributed by atoms with Crippen LogP contribution in [0, 0.1) is 0 Å². The minimum atomic E-state index is -0.322. The van der Waals surface area contributed by atoms with Gasteiger partial charge in [-0.15, -0.1) is 0 Å². The molecule has 2 heteroatoms. The summed E-state index contributed by atoms with van der Waals surface area (Å²) in [7, 11) is 0. The Morgan fingerprint density at radius 1 is 1.82 bits per heavy atom. The van der Waals surface area contributed by atoms with Crippen molar-refractivity contribution in [3.8, 4) is 0 Å². The maximum Gasteiger partial charge on any atom is 0.124 e. The lowest BCUT2D eigenvalue weighted by Gasteiger charge is -2.17. The molecule has 2 rings (SSSR count). The third kappa shape index (κ3) is 0.932. The molecule has 1 fully saturated rings. The fourth-order valence-corrected chi connectivity index (χ4v) is 1.87. The molecule has 0 spiro atoms. The van der Waals surface area contributed by atoms with E-state index in [1.54, 1.807) is 0 Å². The minimum Gasteiger partial charge on any atom is -0.390 e. The van der Waals surface area contributed by atoms with Gasteiger partial charge in [-0.2, -0.15) is 0 Å². The van der Waals surface area contributed by atoms with Crippen LogP contribution in [0.5, 0.6) is 0 Å². The van der Waals surface area contributed by atoms with Gasteiger partial charge in [-0.1, -0.05) is 11.6 Å². The number of hydrogen-bond acceptors (Lipinski definition) is 2. The fraction of sp³-hybridized carbons (Fsp3) is 0.778. The molecule has 0 aromatic heterocycles. The molecule has 11 heavy (non-hydrogen) atoms. The largest absolute Gasteiger partial charge is 0.390 e. The lowest BCUT2D eigenvalue weighted by atomic mass is 9.87. The standard InChI is InChI=1S/C9H14O2/c1-6-3-4-9(7(2)10)8(5-6)11-9/h3,7-8,10H,4-5H2,1-2H3/t7-,8-,9-/m0/s1. The van der Waals surface area contributed by atoms with E-state index < -0.39 is 0 Å². The first kappa shape index (κ1) is 7.32. The van der Waals surface area contributed by atoms with Crippen molar-refractivity contribution in [2.75, 3.05) is 0 Å². The quantitative estimate of drug-likeness (QED) is 0.455. The number of fused-ring (bicyclic) bond motifs is 1. The Hall–Kier alpha value is -0.340. The average molecular weight is 154 g/mol. The summed E-state index contributed by atoms with van der Waals surface area (Å²) in [5, 5.41) is 9.41. The zero-order valence-corrected chi connectivity index (χ0v) is 7.00. The molecule has 0 aromatic rings. The van der Waals surface area contributed by atoms with Crippen molar-refractivity contribution < 1.29 is 9.84 Å². The lowest BCUT2D eigenvalue weighted by molar-refractivity contribution is 0.0911. The van der Waals surface area contributed by atoms with E-state index in [1.807, 2.05) is 6.92 Å². The zero-order valence-electron chi connectivity index (χ0n) is 7.00. The lowest BCUT2D eigenvalue weighted by Crippen LogP contribution is -2.30. The second kappa shape index (κ2) is 2.08. The number of ether oxygens (including phenoxy) is 1. The van der Waals surface area contributed by atoms with Crippen LogP contribution in [0.1, 0.15) is 26.7 Å². The number of aliphatic hydroxyl groups excluding tert-OH is 1. The van der Waals surface area contributed by atoms with Gasteiger partial charge in [0.05, 0.1) is 12.2 Å². The Labute approximate surface area is 66.9 Å². The molecule has 0 radical (unpaired) electrons. The van der Waals surface area contributed by atoms with Crippen molar-refractivity contribution >= 4 is 0 Å². The zero-order chi connectivity index (χ0) is 8.06. The highest BCUT2D eigenvalue weighted by atomic mass is 16.6. The predicted octanol–water partition coefficient (Wildman–Crippen LogP) is 1.24. The van der Waals surface area contributed by atoms with Gasteiger partial charge in [0.1, 0.15) is 5.60 Å². The molecule has 0 aromatic carbocycles. The van der Waals surface area contributed by atoms with Gasteiger partial charge < -0.3 is 9.84 Å². The van der Waals surface area contributed by atoms with Crippen LogP contribution in [-0.4, -0.2) is 22.9 Å². The molecular formula is C9H14O2. The highest BCUT2D eigenvalue weighted by Crippen LogP contribution is 2.49. The van der Waals surface area contributed by atoms with Crippen LogP contribution in [-0.2, 0) is 4.74 Å². The molecule has 3 atom stereocenters. The van der Waals surface area contributed by atoms with E-state index >= 15 is 0 Å². The summed E-state index contributed by atoms with van der Waals surface area (Å²) in [6.07, 6.45) is 4.05. The molecule has 0 unspecified atom stereocenters. The van der Waals surface area contributed by atoms with E-state index in [4.69, 9.17) is 4.74 Å². The van der Waals surface area contributed by atoms with Crippen LogP contribution in [0.2, 0.25) is 0 Å². The van der Waals surface area contributed by atoms with E-state index in [-0.39, 0.29) is 11.7 Å². The van der Waals surface area contributed by atoms with Crippen molar-refractivity contribution in [1.29, 1.82) is 0 Å². The Balaban J connectivity index is 2.13. The van der Waals surface area contributed by atoms with Gasteiger partial charge in [-0.05, 0) is 26.7 Å². The minimum absolute atomic E-state index is 0.195. The normalized spacial score (nSPS) is 44.3. The molecule has 1 heterocycles. The maximum absolute atomic E-state index is 9.41. The monoisotopic (exact) mass is 154 g/mol. The molecule has 0 bridgehead atoms. The maximum atomic E-state index is 9.41. The smallest absolute Gasteiger partial charge is 0.124 e. The molecule has 0 amide bonds. The van der Waals surface area contributed by atoms with Crippen LogP contribution in [0.3, 0.4) is 0 Å². The van der Waals surface area contributed by atoms with Gasteiger partial charge in [0.25, 0.3) is 0 Å². The van der Waals surface area contributed by atoms with Crippen molar-refractivity contribution in [3.63, 3.8) is 0 Å². The molecular weight excluding hydrogens is 140 g/mol. The topological polar surface area (TPSA) is 32.8 Å². The van der Waals surface area contributed by atoms with Gasteiger partial charge >= 0.3 is 0 Å². The average Bonchev–Trinajstić information content (AvgIpc) is 2.62. The molecule has 2 nitrogen and oxygen atoms in total. The Bertz CT molecular complexity index is 208. The van der Waals surface area contributed by atoms with Gasteiger partial charge in [0.15, 0.2) is 0 Å². The third-order valence-electron chi connectivity index (χ3n) is 2.83. The second-order valence-electron chi connectivity index (χ2n) is 3.70. The number of hydrogen-bond donors (Lipinski definition) is 1. The number of epoxide rings is 1. The van der Waals surface area contributed by atoms with Crippen molar-refractivity contribution in [3.05, 3.63) is 11.6 Å². The van der Waals surface area contributed by atoms with Gasteiger partial charge in [-0.25, -0.2) is 0 Å². The summed E-state index contributed by atoms with van der Waals surface area (Å²) >= 11 is 0. The van der Waals surface area contributed by atoms with Gasteiger partial charge in [0.2, 0.25) is 0 Å². The fourth-order valence-electron chi connectivity index (χ4n) is 1.87. The summed E-state index contributed by atoms with van der Waals surface area (Å²) in [6.45, 7) is 3.93. The van der Waals surface area contributed by atoms with Crippen LogP contribution in [0.25, 0.3) is 0 Å². The molecule has 62 valence electrons. The van der Waals surface area contributed by atoms with E-state index in [1.165, 1.54) is 5.57 Å². The van der Waals surface area contributed by atoms with E-state index in [0.717, 1.165) is 12.8 Å². The molecule has 1 aliphatic carbocycles. The number of rotatable bonds is 1. The second-order valence-corrected chi connectivity index (χ2v) is 3.70. The summed E-state index contributed by atoms with van der Waals surface area (Å²) in [5.74, 6) is 0. The summed E-state index contributed by atoms with van der Waals surface area (Å²) in [6, 6.07) is 0. The molecule has 2 aliphatic rings. The van der Waals surface area contributed by atoms with E-state index in [9.17, 15) is 5.11 Å². The van der Waals surface area contributed by atoms with Crippen molar-refractivity contribution in [1.82, 2.24) is 0 Å². The summed E-state index contributed by atoms with van der Waals surface area (Å²) < 4.78 is 5.50. The highest BCUT2D eigenvalue weighted by molar-refractivity contribution is 5.21. The van der Waals surface area contributed by atoms with Gasteiger partial charge in [0, 0.05) is 0 Å².